The number of rotatable bonds is 6. The van der Waals surface area contributed by atoms with Crippen molar-refractivity contribution in [3.8, 4) is 11.5 Å². The monoisotopic (exact) mass is 432 g/mol. The van der Waals surface area contributed by atoms with Crippen molar-refractivity contribution in [3.05, 3.63) is 94.1 Å². The van der Waals surface area contributed by atoms with Crippen LogP contribution in [0.3, 0.4) is 0 Å². The molecule has 0 radical (unpaired) electrons. The topological polar surface area (TPSA) is 46.3 Å². The fraction of sp³-hybridized carbons (Fsp3) is 0.231. The summed E-state index contributed by atoms with van der Waals surface area (Å²) in [6.07, 6.45) is 1.83. The average molecular weight is 433 g/mol. The van der Waals surface area contributed by atoms with Crippen LogP contribution in [0.2, 0.25) is 5.02 Å². The molecule has 5 rings (SSSR count). The summed E-state index contributed by atoms with van der Waals surface area (Å²) in [5.41, 5.74) is 6.06. The number of hydrogen-bond donors (Lipinski definition) is 2. The molecule has 2 heterocycles. The molecular weight excluding hydrogens is 408 g/mol. The van der Waals surface area contributed by atoms with Gasteiger partial charge in [-0.25, -0.2) is 0 Å². The molecule has 0 fully saturated rings. The molecule has 2 N–H and O–H groups in total. The first kappa shape index (κ1) is 20.0. The van der Waals surface area contributed by atoms with Crippen LogP contribution >= 0.6 is 11.6 Å². The summed E-state index contributed by atoms with van der Waals surface area (Å²) in [5, 5.41) is 5.62. The van der Waals surface area contributed by atoms with E-state index in [1.807, 2.05) is 30.3 Å². The van der Waals surface area contributed by atoms with Gasteiger partial charge < -0.3 is 19.8 Å². The third-order valence-electron chi connectivity index (χ3n) is 5.93. The Hall–Kier alpha value is -2.95. The minimum absolute atomic E-state index is 0.0715. The Bertz CT molecular complexity index is 1200. The lowest BCUT2D eigenvalue weighted by atomic mass is 9.94. The van der Waals surface area contributed by atoms with Gasteiger partial charge >= 0.3 is 0 Å². The van der Waals surface area contributed by atoms with Crippen molar-refractivity contribution >= 4 is 22.5 Å². The van der Waals surface area contributed by atoms with Gasteiger partial charge in [0.25, 0.3) is 0 Å². The van der Waals surface area contributed by atoms with E-state index in [4.69, 9.17) is 21.1 Å². The molecule has 0 aliphatic carbocycles. The largest absolute Gasteiger partial charge is 0.493 e. The third-order valence-corrected chi connectivity index (χ3v) is 6.16. The highest BCUT2D eigenvalue weighted by Crippen LogP contribution is 2.37. The number of fused-ring (bicyclic) bond motifs is 3. The SMILES string of the molecule is COc1cc(C2NCCc3c2[nH]c2ccc(Cl)cc32)ccc1OCCc1ccccc1. The van der Waals surface area contributed by atoms with Gasteiger partial charge in [-0.1, -0.05) is 48.0 Å². The van der Waals surface area contributed by atoms with Crippen LogP contribution in [-0.2, 0) is 12.8 Å². The van der Waals surface area contributed by atoms with E-state index < -0.39 is 0 Å². The summed E-state index contributed by atoms with van der Waals surface area (Å²) in [5.74, 6) is 1.51. The summed E-state index contributed by atoms with van der Waals surface area (Å²) in [6.45, 7) is 1.52. The van der Waals surface area contributed by atoms with Gasteiger partial charge in [0.15, 0.2) is 11.5 Å². The van der Waals surface area contributed by atoms with Crippen LogP contribution in [0.4, 0.5) is 0 Å². The molecule has 0 amide bonds. The normalized spacial score (nSPS) is 15.6. The quantitative estimate of drug-likeness (QED) is 0.411. The Morgan fingerprint density at radius 3 is 2.71 bits per heavy atom. The van der Waals surface area contributed by atoms with E-state index in [1.165, 1.54) is 22.2 Å². The Morgan fingerprint density at radius 2 is 1.87 bits per heavy atom. The van der Waals surface area contributed by atoms with Gasteiger partial charge in [0.1, 0.15) is 0 Å². The van der Waals surface area contributed by atoms with Crippen molar-refractivity contribution in [2.24, 2.45) is 0 Å². The van der Waals surface area contributed by atoms with E-state index in [1.54, 1.807) is 7.11 Å². The fourth-order valence-corrected chi connectivity index (χ4v) is 4.56. The molecular formula is C26H25ClN2O2. The van der Waals surface area contributed by atoms with Crippen LogP contribution in [0.25, 0.3) is 10.9 Å². The number of methoxy groups -OCH3 is 1. The lowest BCUT2D eigenvalue weighted by molar-refractivity contribution is 0.297. The highest BCUT2D eigenvalue weighted by Gasteiger charge is 2.26. The van der Waals surface area contributed by atoms with Crippen molar-refractivity contribution in [3.63, 3.8) is 0 Å². The van der Waals surface area contributed by atoms with E-state index in [9.17, 15) is 0 Å². The highest BCUT2D eigenvalue weighted by atomic mass is 35.5. The maximum absolute atomic E-state index is 6.25. The predicted molar refractivity (Wildman–Crippen MR) is 125 cm³/mol. The second-order valence-electron chi connectivity index (χ2n) is 7.84. The van der Waals surface area contributed by atoms with Crippen molar-refractivity contribution in [2.75, 3.05) is 20.3 Å². The number of benzene rings is 3. The molecule has 0 spiro atoms. The molecule has 0 bridgehead atoms. The van der Waals surface area contributed by atoms with Crippen molar-refractivity contribution in [1.29, 1.82) is 0 Å². The van der Waals surface area contributed by atoms with Gasteiger partial charge in [-0.05, 0) is 53.4 Å². The van der Waals surface area contributed by atoms with Crippen LogP contribution < -0.4 is 14.8 Å². The molecule has 1 aliphatic rings. The first-order valence-electron chi connectivity index (χ1n) is 10.6. The first-order valence-corrected chi connectivity index (χ1v) is 11.0. The minimum Gasteiger partial charge on any atom is -0.493 e. The highest BCUT2D eigenvalue weighted by molar-refractivity contribution is 6.31. The molecule has 1 atom stereocenters. The Kier molecular flexibility index (Phi) is 5.58. The number of ether oxygens (including phenoxy) is 2. The van der Waals surface area contributed by atoms with Gasteiger partial charge in [0.05, 0.1) is 19.8 Å². The smallest absolute Gasteiger partial charge is 0.161 e. The van der Waals surface area contributed by atoms with Crippen LogP contribution in [0.5, 0.6) is 11.5 Å². The van der Waals surface area contributed by atoms with Gasteiger partial charge in [-0.3, -0.25) is 0 Å². The second-order valence-corrected chi connectivity index (χ2v) is 8.28. The number of hydrogen-bond acceptors (Lipinski definition) is 3. The number of aromatic amines is 1. The van der Waals surface area contributed by atoms with E-state index in [2.05, 4.69) is 46.7 Å². The number of nitrogens with one attached hydrogen (secondary N) is 2. The summed E-state index contributed by atoms with van der Waals surface area (Å²) in [7, 11) is 1.69. The lowest BCUT2D eigenvalue weighted by Gasteiger charge is -2.25. The van der Waals surface area contributed by atoms with Gasteiger partial charge in [0, 0.05) is 34.6 Å². The fourth-order valence-electron chi connectivity index (χ4n) is 4.39. The number of H-pyrrole nitrogens is 1. The Morgan fingerprint density at radius 1 is 1.00 bits per heavy atom. The second kappa shape index (κ2) is 8.66. The molecule has 0 saturated heterocycles. The first-order chi connectivity index (χ1) is 15.2. The molecule has 3 aromatic carbocycles. The van der Waals surface area contributed by atoms with Crippen LogP contribution in [0.15, 0.2) is 66.7 Å². The maximum atomic E-state index is 6.25. The summed E-state index contributed by atoms with van der Waals surface area (Å²) in [6, 6.07) is 22.7. The van der Waals surface area contributed by atoms with E-state index in [0.717, 1.165) is 47.0 Å². The summed E-state index contributed by atoms with van der Waals surface area (Å²) in [4.78, 5) is 3.60. The van der Waals surface area contributed by atoms with Gasteiger partial charge in [-0.15, -0.1) is 0 Å². The van der Waals surface area contributed by atoms with E-state index in [-0.39, 0.29) is 6.04 Å². The maximum Gasteiger partial charge on any atom is 0.161 e. The van der Waals surface area contributed by atoms with Crippen LogP contribution in [0.1, 0.15) is 28.4 Å². The lowest BCUT2D eigenvalue weighted by Crippen LogP contribution is -2.30. The predicted octanol–water partition coefficient (Wildman–Crippen LogP) is 5.69. The van der Waals surface area contributed by atoms with Crippen molar-refractivity contribution in [2.45, 2.75) is 18.9 Å². The number of aromatic nitrogens is 1. The van der Waals surface area contributed by atoms with Crippen molar-refractivity contribution < 1.29 is 9.47 Å². The molecule has 1 aliphatic heterocycles. The molecule has 1 unspecified atom stereocenters. The molecule has 1 aromatic heterocycles. The molecule has 0 saturated carbocycles. The zero-order chi connectivity index (χ0) is 21.2. The van der Waals surface area contributed by atoms with Crippen LogP contribution in [-0.4, -0.2) is 25.2 Å². The average Bonchev–Trinajstić information content (AvgIpc) is 3.18. The third kappa shape index (κ3) is 4.01. The standard InChI is InChI=1S/C26H25ClN2O2/c1-30-24-15-18(7-10-23(24)31-14-12-17-5-3-2-4-6-17)25-26-20(11-13-28-25)21-16-19(27)8-9-22(21)29-26/h2-10,15-16,25,28-29H,11-14H2,1H3. The zero-order valence-corrected chi connectivity index (χ0v) is 18.2. The summed E-state index contributed by atoms with van der Waals surface area (Å²) >= 11 is 6.25. The Labute approximate surface area is 187 Å². The van der Waals surface area contributed by atoms with E-state index >= 15 is 0 Å². The van der Waals surface area contributed by atoms with Crippen molar-refractivity contribution in [1.82, 2.24) is 10.3 Å². The van der Waals surface area contributed by atoms with Gasteiger partial charge in [-0.2, -0.15) is 0 Å². The zero-order valence-electron chi connectivity index (χ0n) is 17.5. The molecule has 4 aromatic rings. The molecule has 31 heavy (non-hydrogen) atoms. The molecule has 5 heteroatoms. The van der Waals surface area contributed by atoms with Crippen LogP contribution in [0, 0.1) is 0 Å². The minimum atomic E-state index is 0.0715. The summed E-state index contributed by atoms with van der Waals surface area (Å²) < 4.78 is 11.7. The van der Waals surface area contributed by atoms with Gasteiger partial charge in [0.2, 0.25) is 0 Å². The Balaban J connectivity index is 1.39. The molecule has 4 nitrogen and oxygen atoms in total. The number of halogens is 1. The van der Waals surface area contributed by atoms with E-state index in [0.29, 0.717) is 6.61 Å². The molecule has 158 valence electrons.